The molecule has 0 N–H and O–H groups in total. The van der Waals surface area contributed by atoms with Gasteiger partial charge in [0, 0.05) is 35.0 Å². The molecule has 1 atom stereocenters. The molecule has 0 aromatic carbocycles. The SMILES string of the molecule is O=C(c1cc(-c2cccs2)on1)N1CCSC(c2cccs2)CC1. The number of rotatable bonds is 3. The van der Waals surface area contributed by atoms with E-state index in [1.54, 1.807) is 28.7 Å². The number of hydrogen-bond acceptors (Lipinski definition) is 6. The Bertz CT molecular complexity index is 796. The fourth-order valence-corrected chi connectivity index (χ4v) is 5.66. The van der Waals surface area contributed by atoms with E-state index in [9.17, 15) is 4.79 Å². The summed E-state index contributed by atoms with van der Waals surface area (Å²) in [6, 6.07) is 9.96. The largest absolute Gasteiger partial charge is 0.355 e. The molecule has 3 aromatic rings. The van der Waals surface area contributed by atoms with E-state index in [4.69, 9.17) is 4.52 Å². The van der Waals surface area contributed by atoms with Crippen molar-refractivity contribution < 1.29 is 9.32 Å². The minimum Gasteiger partial charge on any atom is -0.355 e. The molecule has 124 valence electrons. The van der Waals surface area contributed by atoms with Gasteiger partial charge in [-0.3, -0.25) is 4.79 Å². The first-order valence-corrected chi connectivity index (χ1v) is 10.6. The number of nitrogens with zero attached hydrogens (tertiary/aromatic N) is 2. The van der Waals surface area contributed by atoms with Gasteiger partial charge in [0.15, 0.2) is 11.5 Å². The van der Waals surface area contributed by atoms with Gasteiger partial charge in [0.05, 0.1) is 4.88 Å². The standard InChI is InChI=1S/C17H16N2O2S3/c20-17(12-11-13(21-18-12)14-3-1-8-22-14)19-6-5-16(24-10-7-19)15-4-2-9-23-15/h1-4,8-9,11,16H,5-7,10H2. The minimum absolute atomic E-state index is 0.0333. The topological polar surface area (TPSA) is 46.3 Å². The zero-order valence-electron chi connectivity index (χ0n) is 12.9. The smallest absolute Gasteiger partial charge is 0.276 e. The van der Waals surface area contributed by atoms with Crippen LogP contribution in [0.5, 0.6) is 0 Å². The third kappa shape index (κ3) is 3.29. The Morgan fingerprint density at radius 2 is 2.08 bits per heavy atom. The molecule has 0 aliphatic carbocycles. The summed E-state index contributed by atoms with van der Waals surface area (Å²) in [5.41, 5.74) is 0.401. The number of aromatic nitrogens is 1. The van der Waals surface area contributed by atoms with E-state index >= 15 is 0 Å². The summed E-state index contributed by atoms with van der Waals surface area (Å²) in [6.45, 7) is 1.52. The van der Waals surface area contributed by atoms with Crippen LogP contribution in [0.4, 0.5) is 0 Å². The van der Waals surface area contributed by atoms with Crippen molar-refractivity contribution in [1.29, 1.82) is 0 Å². The summed E-state index contributed by atoms with van der Waals surface area (Å²) in [4.78, 5) is 17.0. The molecule has 7 heteroatoms. The van der Waals surface area contributed by atoms with E-state index < -0.39 is 0 Å². The molecule has 24 heavy (non-hydrogen) atoms. The lowest BCUT2D eigenvalue weighted by Crippen LogP contribution is -2.33. The molecule has 0 bridgehead atoms. The summed E-state index contributed by atoms with van der Waals surface area (Å²) in [5.74, 6) is 1.58. The molecule has 1 amide bonds. The second-order valence-electron chi connectivity index (χ2n) is 5.51. The molecule has 1 aliphatic heterocycles. The molecule has 4 heterocycles. The van der Waals surface area contributed by atoms with Gasteiger partial charge in [-0.15, -0.1) is 22.7 Å². The number of thiophene rings is 2. The molecule has 1 saturated heterocycles. The van der Waals surface area contributed by atoms with Crippen LogP contribution in [0.2, 0.25) is 0 Å². The highest BCUT2D eigenvalue weighted by atomic mass is 32.2. The lowest BCUT2D eigenvalue weighted by atomic mass is 10.2. The molecule has 1 aliphatic rings. The molecule has 0 saturated carbocycles. The first-order valence-electron chi connectivity index (χ1n) is 7.76. The van der Waals surface area contributed by atoms with Crippen LogP contribution >= 0.6 is 34.4 Å². The van der Waals surface area contributed by atoms with Gasteiger partial charge in [-0.2, -0.15) is 11.8 Å². The molecule has 3 aromatic heterocycles. The first-order chi connectivity index (χ1) is 11.8. The molecule has 0 radical (unpaired) electrons. The Morgan fingerprint density at radius 3 is 2.88 bits per heavy atom. The molecule has 1 fully saturated rings. The Labute approximate surface area is 152 Å². The average molecular weight is 377 g/mol. The van der Waals surface area contributed by atoms with Crippen molar-refractivity contribution >= 4 is 40.3 Å². The Morgan fingerprint density at radius 1 is 1.21 bits per heavy atom. The van der Waals surface area contributed by atoms with Gasteiger partial charge in [-0.05, 0) is 29.3 Å². The summed E-state index contributed by atoms with van der Waals surface area (Å²) in [5, 5.41) is 8.57. The van der Waals surface area contributed by atoms with Gasteiger partial charge in [-0.1, -0.05) is 17.3 Å². The van der Waals surface area contributed by atoms with Crippen LogP contribution in [-0.4, -0.2) is 34.8 Å². The highest BCUT2D eigenvalue weighted by Gasteiger charge is 2.25. The van der Waals surface area contributed by atoms with E-state index in [0.29, 0.717) is 16.7 Å². The van der Waals surface area contributed by atoms with E-state index in [1.807, 2.05) is 34.2 Å². The van der Waals surface area contributed by atoms with Crippen molar-refractivity contribution in [3.05, 3.63) is 51.7 Å². The molecular formula is C17H16N2O2S3. The maximum Gasteiger partial charge on any atom is 0.276 e. The lowest BCUT2D eigenvalue weighted by molar-refractivity contribution is 0.0756. The third-order valence-electron chi connectivity index (χ3n) is 3.98. The van der Waals surface area contributed by atoms with Gasteiger partial charge in [0.1, 0.15) is 0 Å². The third-order valence-corrected chi connectivity index (χ3v) is 7.31. The fraction of sp³-hybridized carbons (Fsp3) is 0.294. The summed E-state index contributed by atoms with van der Waals surface area (Å²) >= 11 is 5.31. The zero-order chi connectivity index (χ0) is 16.4. The lowest BCUT2D eigenvalue weighted by Gasteiger charge is -2.18. The zero-order valence-corrected chi connectivity index (χ0v) is 15.3. The van der Waals surface area contributed by atoms with Crippen molar-refractivity contribution in [2.75, 3.05) is 18.8 Å². The Kier molecular flexibility index (Phi) is 4.73. The fourth-order valence-electron chi connectivity index (χ4n) is 2.75. The molecule has 4 rings (SSSR count). The highest BCUT2D eigenvalue weighted by Crippen LogP contribution is 2.37. The normalized spacial score (nSPS) is 18.5. The van der Waals surface area contributed by atoms with Crippen molar-refractivity contribution in [2.45, 2.75) is 11.7 Å². The predicted molar refractivity (Wildman–Crippen MR) is 99.9 cm³/mol. The van der Waals surface area contributed by atoms with Gasteiger partial charge in [-0.25, -0.2) is 0 Å². The van der Waals surface area contributed by atoms with Crippen LogP contribution in [0.25, 0.3) is 10.6 Å². The first kappa shape index (κ1) is 15.9. The Balaban J connectivity index is 1.45. The van der Waals surface area contributed by atoms with E-state index in [0.717, 1.165) is 30.1 Å². The van der Waals surface area contributed by atoms with Gasteiger partial charge in [0.25, 0.3) is 5.91 Å². The van der Waals surface area contributed by atoms with Gasteiger partial charge in [0.2, 0.25) is 0 Å². The van der Waals surface area contributed by atoms with Crippen LogP contribution in [-0.2, 0) is 0 Å². The van der Waals surface area contributed by atoms with Crippen LogP contribution in [0.1, 0.15) is 27.0 Å². The van der Waals surface area contributed by atoms with E-state index in [2.05, 4.69) is 22.7 Å². The number of carbonyl (C=O) groups is 1. The molecule has 0 spiro atoms. The van der Waals surface area contributed by atoms with Gasteiger partial charge >= 0.3 is 0 Å². The predicted octanol–water partition coefficient (Wildman–Crippen LogP) is 4.79. The maximum absolute atomic E-state index is 12.7. The number of carbonyl (C=O) groups excluding carboxylic acids is 1. The van der Waals surface area contributed by atoms with E-state index in [-0.39, 0.29) is 5.91 Å². The Hall–Kier alpha value is -1.57. The van der Waals surface area contributed by atoms with Crippen LogP contribution in [0.3, 0.4) is 0 Å². The van der Waals surface area contributed by atoms with Crippen LogP contribution < -0.4 is 0 Å². The highest BCUT2D eigenvalue weighted by molar-refractivity contribution is 7.99. The number of thioether (sulfide) groups is 1. The van der Waals surface area contributed by atoms with Crippen molar-refractivity contribution in [3.8, 4) is 10.6 Å². The second kappa shape index (κ2) is 7.13. The molecular weight excluding hydrogens is 360 g/mol. The number of hydrogen-bond donors (Lipinski definition) is 0. The van der Waals surface area contributed by atoms with E-state index in [1.165, 1.54) is 4.88 Å². The van der Waals surface area contributed by atoms with Crippen molar-refractivity contribution in [2.24, 2.45) is 0 Å². The average Bonchev–Trinajstić information content (AvgIpc) is 3.33. The minimum atomic E-state index is -0.0333. The van der Waals surface area contributed by atoms with Crippen LogP contribution in [0, 0.1) is 0 Å². The molecule has 4 nitrogen and oxygen atoms in total. The van der Waals surface area contributed by atoms with Gasteiger partial charge < -0.3 is 9.42 Å². The van der Waals surface area contributed by atoms with Crippen molar-refractivity contribution in [1.82, 2.24) is 10.1 Å². The quantitative estimate of drug-likeness (QED) is 0.660. The monoisotopic (exact) mass is 376 g/mol. The van der Waals surface area contributed by atoms with Crippen LogP contribution in [0.15, 0.2) is 45.6 Å². The number of amides is 1. The molecule has 1 unspecified atom stereocenters. The van der Waals surface area contributed by atoms with Crippen molar-refractivity contribution in [3.63, 3.8) is 0 Å². The maximum atomic E-state index is 12.7. The summed E-state index contributed by atoms with van der Waals surface area (Å²) < 4.78 is 5.34. The summed E-state index contributed by atoms with van der Waals surface area (Å²) in [7, 11) is 0. The summed E-state index contributed by atoms with van der Waals surface area (Å²) in [6.07, 6.45) is 0.979. The second-order valence-corrected chi connectivity index (χ2v) is 8.75.